The molecule has 0 atom stereocenters. The van der Waals surface area contributed by atoms with Gasteiger partial charge in [-0.3, -0.25) is 14.8 Å². The van der Waals surface area contributed by atoms with Crippen LogP contribution in [0.5, 0.6) is 0 Å². The van der Waals surface area contributed by atoms with E-state index in [4.69, 9.17) is 0 Å². The quantitative estimate of drug-likeness (QED) is 0.798. The van der Waals surface area contributed by atoms with Crippen molar-refractivity contribution in [2.75, 3.05) is 0 Å². The summed E-state index contributed by atoms with van der Waals surface area (Å²) in [4.78, 5) is 26.1. The smallest absolute Gasteiger partial charge is 0.263 e. The molecule has 0 saturated carbocycles. The normalized spacial score (nSPS) is 13.7. The van der Waals surface area contributed by atoms with Crippen LogP contribution in [0.15, 0.2) is 42.9 Å². The Hall–Kier alpha value is -2.60. The molecular weight excluding hydrogens is 320 g/mol. The van der Waals surface area contributed by atoms with Gasteiger partial charge in [0.25, 0.3) is 5.91 Å². The third-order valence-corrected chi connectivity index (χ3v) is 5.35. The number of aromatic nitrogens is 3. The van der Waals surface area contributed by atoms with Crippen molar-refractivity contribution < 1.29 is 4.79 Å². The molecule has 1 amide bonds. The summed E-state index contributed by atoms with van der Waals surface area (Å²) < 4.78 is 0. The maximum Gasteiger partial charge on any atom is 0.263 e. The standard InChI is InChI=1S/C18H16N4OS/c1-11-16(24-18(21-11)15-10-19-6-7-20-15)17(23)22-14-8-12-4-2-3-5-13(12)9-14/h2-7,10,14H,8-9H2,1H3,(H,22,23). The first kappa shape index (κ1) is 15.0. The molecule has 0 spiro atoms. The summed E-state index contributed by atoms with van der Waals surface area (Å²) in [5.41, 5.74) is 4.07. The van der Waals surface area contributed by atoms with E-state index < -0.39 is 0 Å². The van der Waals surface area contributed by atoms with Gasteiger partial charge in [0.2, 0.25) is 0 Å². The molecule has 1 aliphatic rings. The fraction of sp³-hybridized carbons (Fsp3) is 0.222. The minimum absolute atomic E-state index is 0.0575. The van der Waals surface area contributed by atoms with E-state index in [0.717, 1.165) is 23.5 Å². The topological polar surface area (TPSA) is 67.8 Å². The lowest BCUT2D eigenvalue weighted by atomic mass is 10.1. The summed E-state index contributed by atoms with van der Waals surface area (Å²) in [6, 6.07) is 8.50. The summed E-state index contributed by atoms with van der Waals surface area (Å²) in [6.07, 6.45) is 6.68. The molecule has 1 aromatic carbocycles. The highest BCUT2D eigenvalue weighted by molar-refractivity contribution is 7.17. The predicted molar refractivity (Wildman–Crippen MR) is 93.0 cm³/mol. The highest BCUT2D eigenvalue weighted by atomic mass is 32.1. The Bertz CT molecular complexity index is 866. The van der Waals surface area contributed by atoms with Crippen LogP contribution in [0.1, 0.15) is 26.5 Å². The summed E-state index contributed by atoms with van der Waals surface area (Å²) in [6.45, 7) is 1.86. The lowest BCUT2D eigenvalue weighted by Crippen LogP contribution is -2.35. The van der Waals surface area contributed by atoms with Crippen LogP contribution in [0.25, 0.3) is 10.7 Å². The summed E-state index contributed by atoms with van der Waals surface area (Å²) >= 11 is 1.36. The van der Waals surface area contributed by atoms with Gasteiger partial charge in [0.05, 0.1) is 11.9 Å². The van der Waals surface area contributed by atoms with Crippen LogP contribution in [0, 0.1) is 6.92 Å². The van der Waals surface area contributed by atoms with Gasteiger partial charge in [-0.2, -0.15) is 0 Å². The zero-order valence-electron chi connectivity index (χ0n) is 13.2. The Balaban J connectivity index is 1.51. The molecule has 120 valence electrons. The predicted octanol–water partition coefficient (Wildman–Crippen LogP) is 2.81. The summed E-state index contributed by atoms with van der Waals surface area (Å²) in [5, 5.41) is 3.87. The number of benzene rings is 1. The Morgan fingerprint density at radius 1 is 1.21 bits per heavy atom. The summed E-state index contributed by atoms with van der Waals surface area (Å²) in [5.74, 6) is -0.0575. The van der Waals surface area contributed by atoms with Gasteiger partial charge in [0.1, 0.15) is 15.6 Å². The number of fused-ring (bicyclic) bond motifs is 1. The zero-order chi connectivity index (χ0) is 16.5. The minimum atomic E-state index is -0.0575. The largest absolute Gasteiger partial charge is 0.348 e. The molecule has 3 aromatic rings. The molecule has 0 saturated heterocycles. The molecule has 1 aliphatic carbocycles. The van der Waals surface area contributed by atoms with E-state index in [1.165, 1.54) is 22.5 Å². The SMILES string of the molecule is Cc1nc(-c2cnccn2)sc1C(=O)NC1Cc2ccccc2C1. The van der Waals surface area contributed by atoms with Crippen molar-refractivity contribution in [3.8, 4) is 10.7 Å². The van der Waals surface area contributed by atoms with Crippen LogP contribution in [0.2, 0.25) is 0 Å². The van der Waals surface area contributed by atoms with Gasteiger partial charge in [-0.05, 0) is 30.9 Å². The van der Waals surface area contributed by atoms with Gasteiger partial charge in [0.15, 0.2) is 0 Å². The van der Waals surface area contributed by atoms with Crippen molar-refractivity contribution in [2.45, 2.75) is 25.8 Å². The van der Waals surface area contributed by atoms with Crippen molar-refractivity contribution >= 4 is 17.2 Å². The number of rotatable bonds is 3. The van der Waals surface area contributed by atoms with Crippen LogP contribution in [-0.4, -0.2) is 26.9 Å². The second kappa shape index (κ2) is 6.13. The van der Waals surface area contributed by atoms with Crippen molar-refractivity contribution in [1.29, 1.82) is 0 Å². The molecular formula is C18H16N4OS. The Labute approximate surface area is 143 Å². The Morgan fingerprint density at radius 2 is 1.96 bits per heavy atom. The number of nitrogens with zero attached hydrogens (tertiary/aromatic N) is 3. The molecule has 4 rings (SSSR count). The number of carbonyl (C=O) groups excluding carboxylic acids is 1. The number of carbonyl (C=O) groups is 1. The number of aryl methyl sites for hydroxylation is 1. The number of amides is 1. The van der Waals surface area contributed by atoms with Crippen molar-refractivity contribution in [1.82, 2.24) is 20.3 Å². The second-order valence-electron chi connectivity index (χ2n) is 5.87. The molecule has 6 heteroatoms. The fourth-order valence-electron chi connectivity index (χ4n) is 3.04. The molecule has 1 N–H and O–H groups in total. The molecule has 0 radical (unpaired) electrons. The van der Waals surface area contributed by atoms with Gasteiger partial charge < -0.3 is 5.32 Å². The molecule has 0 bridgehead atoms. The van der Waals surface area contributed by atoms with Gasteiger partial charge >= 0.3 is 0 Å². The van der Waals surface area contributed by atoms with Gasteiger partial charge in [-0.15, -0.1) is 11.3 Å². The average molecular weight is 336 g/mol. The highest BCUT2D eigenvalue weighted by Gasteiger charge is 2.25. The van der Waals surface area contributed by atoms with Crippen molar-refractivity contribution in [3.63, 3.8) is 0 Å². The third kappa shape index (κ3) is 2.80. The van der Waals surface area contributed by atoms with Crippen LogP contribution in [0.4, 0.5) is 0 Å². The third-order valence-electron chi connectivity index (χ3n) is 4.17. The number of nitrogens with one attached hydrogen (secondary N) is 1. The van der Waals surface area contributed by atoms with E-state index in [2.05, 4.69) is 32.4 Å². The first-order valence-electron chi connectivity index (χ1n) is 7.82. The fourth-order valence-corrected chi connectivity index (χ4v) is 3.97. The molecule has 2 aromatic heterocycles. The molecule has 24 heavy (non-hydrogen) atoms. The van der Waals surface area contributed by atoms with E-state index in [9.17, 15) is 4.79 Å². The van der Waals surface area contributed by atoms with Crippen LogP contribution >= 0.6 is 11.3 Å². The molecule has 0 fully saturated rings. The Morgan fingerprint density at radius 3 is 2.62 bits per heavy atom. The average Bonchev–Trinajstić information content (AvgIpc) is 3.18. The second-order valence-corrected chi connectivity index (χ2v) is 6.87. The van der Waals surface area contributed by atoms with E-state index in [-0.39, 0.29) is 11.9 Å². The van der Waals surface area contributed by atoms with Crippen LogP contribution in [-0.2, 0) is 12.8 Å². The number of hydrogen-bond donors (Lipinski definition) is 1. The monoisotopic (exact) mass is 336 g/mol. The van der Waals surface area contributed by atoms with Gasteiger partial charge in [-0.25, -0.2) is 4.98 Å². The lowest BCUT2D eigenvalue weighted by molar-refractivity contribution is 0.0942. The van der Waals surface area contributed by atoms with E-state index in [1.807, 2.05) is 19.1 Å². The molecule has 0 aliphatic heterocycles. The molecule has 0 unspecified atom stereocenters. The molecule has 2 heterocycles. The summed E-state index contributed by atoms with van der Waals surface area (Å²) in [7, 11) is 0. The minimum Gasteiger partial charge on any atom is -0.348 e. The Kier molecular flexibility index (Phi) is 3.82. The first-order valence-corrected chi connectivity index (χ1v) is 8.64. The van der Waals surface area contributed by atoms with Crippen LogP contribution in [0.3, 0.4) is 0 Å². The maximum absolute atomic E-state index is 12.6. The van der Waals surface area contributed by atoms with Gasteiger partial charge in [-0.1, -0.05) is 24.3 Å². The molecule has 5 nitrogen and oxygen atoms in total. The lowest BCUT2D eigenvalue weighted by Gasteiger charge is -2.11. The van der Waals surface area contributed by atoms with Crippen molar-refractivity contribution in [3.05, 3.63) is 64.6 Å². The maximum atomic E-state index is 12.6. The highest BCUT2D eigenvalue weighted by Crippen LogP contribution is 2.27. The van der Waals surface area contributed by atoms with Gasteiger partial charge in [0, 0.05) is 18.4 Å². The van der Waals surface area contributed by atoms with E-state index in [0.29, 0.717) is 10.6 Å². The zero-order valence-corrected chi connectivity index (χ0v) is 14.0. The number of hydrogen-bond acceptors (Lipinski definition) is 5. The number of thiazole rings is 1. The first-order chi connectivity index (χ1) is 11.7. The van der Waals surface area contributed by atoms with Crippen molar-refractivity contribution in [2.24, 2.45) is 0 Å². The van der Waals surface area contributed by atoms with E-state index >= 15 is 0 Å². The van der Waals surface area contributed by atoms with E-state index in [1.54, 1.807) is 18.6 Å². The van der Waals surface area contributed by atoms with Crippen LogP contribution < -0.4 is 5.32 Å².